The fourth-order valence-electron chi connectivity index (χ4n) is 3.69. The van der Waals surface area contributed by atoms with Gasteiger partial charge in [-0.1, -0.05) is 0 Å². The molecule has 8 nitrogen and oxygen atoms in total. The van der Waals surface area contributed by atoms with Crippen LogP contribution in [0.4, 0.5) is 11.4 Å². The normalized spacial score (nSPS) is 16.5. The number of benzene rings is 2. The van der Waals surface area contributed by atoms with E-state index < -0.39 is 6.10 Å². The molecular formula is C22H27N5O3. The Labute approximate surface area is 175 Å². The van der Waals surface area contributed by atoms with Gasteiger partial charge in [0.1, 0.15) is 12.1 Å². The van der Waals surface area contributed by atoms with Crippen LogP contribution in [-0.2, 0) is 0 Å². The van der Waals surface area contributed by atoms with E-state index in [1.54, 1.807) is 26.0 Å². The molecular weight excluding hydrogens is 382 g/mol. The van der Waals surface area contributed by atoms with Crippen LogP contribution in [0.25, 0.3) is 5.69 Å². The van der Waals surface area contributed by atoms with Crippen LogP contribution < -0.4 is 15.5 Å². The summed E-state index contributed by atoms with van der Waals surface area (Å²) in [7, 11) is 0. The smallest absolute Gasteiger partial charge is 0.350 e. The summed E-state index contributed by atoms with van der Waals surface area (Å²) in [4.78, 5) is 17.2. The summed E-state index contributed by atoms with van der Waals surface area (Å²) in [6.45, 7) is 7.00. The summed E-state index contributed by atoms with van der Waals surface area (Å²) < 4.78 is 2.80. The molecule has 158 valence electrons. The maximum atomic E-state index is 12.6. The molecule has 30 heavy (non-hydrogen) atoms. The van der Waals surface area contributed by atoms with Crippen molar-refractivity contribution in [3.8, 4) is 11.4 Å². The topological polar surface area (TPSA) is 86.8 Å². The van der Waals surface area contributed by atoms with E-state index in [2.05, 4.69) is 14.9 Å². The highest BCUT2D eigenvalue weighted by Crippen LogP contribution is 2.23. The lowest BCUT2D eigenvalue weighted by Crippen LogP contribution is -2.46. The van der Waals surface area contributed by atoms with Crippen molar-refractivity contribution in [1.29, 1.82) is 0 Å². The Morgan fingerprint density at radius 3 is 1.80 bits per heavy atom. The van der Waals surface area contributed by atoms with Gasteiger partial charge in [0.2, 0.25) is 0 Å². The lowest BCUT2D eigenvalue weighted by Gasteiger charge is -2.37. The van der Waals surface area contributed by atoms with Crippen LogP contribution in [0.5, 0.6) is 5.75 Å². The van der Waals surface area contributed by atoms with Gasteiger partial charge in [-0.2, -0.15) is 5.10 Å². The van der Waals surface area contributed by atoms with Crippen molar-refractivity contribution in [2.75, 3.05) is 36.0 Å². The summed E-state index contributed by atoms with van der Waals surface area (Å²) in [6.07, 6.45) is 0.834. The van der Waals surface area contributed by atoms with Crippen LogP contribution in [0.1, 0.15) is 19.9 Å². The maximum absolute atomic E-state index is 12.6. The number of piperazine rings is 1. The molecule has 0 aliphatic carbocycles. The van der Waals surface area contributed by atoms with Crippen molar-refractivity contribution >= 4 is 11.4 Å². The minimum atomic E-state index is -0.659. The highest BCUT2D eigenvalue weighted by atomic mass is 16.3. The molecule has 2 N–H and O–H groups in total. The van der Waals surface area contributed by atoms with E-state index in [9.17, 15) is 15.0 Å². The quantitative estimate of drug-likeness (QED) is 0.670. The molecule has 1 aliphatic rings. The number of aliphatic hydroxyl groups excluding tert-OH is 1. The molecule has 0 amide bonds. The predicted octanol–water partition coefficient (Wildman–Crippen LogP) is 2.01. The van der Waals surface area contributed by atoms with Crippen LogP contribution in [0.2, 0.25) is 0 Å². The second-order valence-corrected chi connectivity index (χ2v) is 7.72. The molecule has 0 bridgehead atoms. The van der Waals surface area contributed by atoms with Crippen LogP contribution in [-0.4, -0.2) is 56.8 Å². The van der Waals surface area contributed by atoms with Gasteiger partial charge in [-0.3, -0.25) is 0 Å². The van der Waals surface area contributed by atoms with Gasteiger partial charge in [0.25, 0.3) is 0 Å². The van der Waals surface area contributed by atoms with Crippen molar-refractivity contribution in [2.24, 2.45) is 0 Å². The van der Waals surface area contributed by atoms with E-state index in [0.29, 0.717) is 0 Å². The Morgan fingerprint density at radius 2 is 1.30 bits per heavy atom. The Balaban J connectivity index is 1.44. The van der Waals surface area contributed by atoms with E-state index in [1.165, 1.54) is 15.6 Å². The lowest BCUT2D eigenvalue weighted by molar-refractivity contribution is 0.130. The molecule has 0 unspecified atom stereocenters. The first kappa shape index (κ1) is 20.0. The fourth-order valence-corrected chi connectivity index (χ4v) is 3.69. The number of hydrogen-bond acceptors (Lipinski definition) is 6. The van der Waals surface area contributed by atoms with Crippen LogP contribution in [0.3, 0.4) is 0 Å². The molecule has 4 rings (SSSR count). The van der Waals surface area contributed by atoms with Gasteiger partial charge in [-0.25, -0.2) is 14.0 Å². The van der Waals surface area contributed by atoms with Crippen LogP contribution >= 0.6 is 0 Å². The molecule has 2 aromatic carbocycles. The van der Waals surface area contributed by atoms with Gasteiger partial charge < -0.3 is 20.0 Å². The van der Waals surface area contributed by atoms with E-state index in [-0.39, 0.29) is 17.5 Å². The van der Waals surface area contributed by atoms with Crippen molar-refractivity contribution in [2.45, 2.75) is 26.0 Å². The van der Waals surface area contributed by atoms with Gasteiger partial charge in [-0.05, 0) is 62.4 Å². The number of aromatic nitrogens is 3. The van der Waals surface area contributed by atoms with Gasteiger partial charge in [0.05, 0.1) is 17.8 Å². The minimum absolute atomic E-state index is 0.265. The Kier molecular flexibility index (Phi) is 5.50. The number of rotatable bonds is 5. The summed E-state index contributed by atoms with van der Waals surface area (Å²) >= 11 is 0. The maximum Gasteiger partial charge on any atom is 0.350 e. The summed E-state index contributed by atoms with van der Waals surface area (Å²) in [5, 5.41) is 23.3. The molecule has 1 aliphatic heterocycles. The number of aromatic hydroxyl groups is 1. The molecule has 0 saturated carbocycles. The van der Waals surface area contributed by atoms with Gasteiger partial charge in [-0.15, -0.1) is 0 Å². The number of hydrogen-bond donors (Lipinski definition) is 2. The zero-order valence-electron chi connectivity index (χ0n) is 17.2. The monoisotopic (exact) mass is 409 g/mol. The summed E-state index contributed by atoms with van der Waals surface area (Å²) in [5.41, 5.74) is 2.71. The third kappa shape index (κ3) is 3.91. The molecule has 1 aromatic heterocycles. The zero-order chi connectivity index (χ0) is 21.3. The number of nitrogens with zero attached hydrogens (tertiary/aromatic N) is 5. The van der Waals surface area contributed by atoms with Crippen LogP contribution in [0.15, 0.2) is 59.7 Å². The number of phenolic OH excluding ortho intramolecular Hbond substituents is 1. The van der Waals surface area contributed by atoms with E-state index in [4.69, 9.17) is 0 Å². The summed E-state index contributed by atoms with van der Waals surface area (Å²) in [5.74, 6) is 0.280. The Morgan fingerprint density at radius 1 is 0.833 bits per heavy atom. The van der Waals surface area contributed by atoms with Gasteiger partial charge >= 0.3 is 5.69 Å². The SMILES string of the molecule is C[C@H](O)[C@@H](C)n1ncn(-c2ccc(N3CCN(c4ccc(O)cc4)CC3)cc2)c1=O. The zero-order valence-corrected chi connectivity index (χ0v) is 17.2. The standard InChI is InChI=1S/C22H27N5O3/c1-16(17(2)28)27-22(30)26(15-23-27)20-5-3-18(4-6-20)24-11-13-25(14-12-24)19-7-9-21(29)10-8-19/h3-10,15-17,28-29H,11-14H2,1-2H3/t16-,17+/m1/s1. The highest BCUT2D eigenvalue weighted by molar-refractivity contribution is 5.54. The first-order chi connectivity index (χ1) is 14.4. The van der Waals surface area contributed by atoms with Crippen molar-refractivity contribution < 1.29 is 10.2 Å². The van der Waals surface area contributed by atoms with Crippen molar-refractivity contribution in [3.63, 3.8) is 0 Å². The Hall–Kier alpha value is -3.26. The molecule has 2 atom stereocenters. The largest absolute Gasteiger partial charge is 0.508 e. The minimum Gasteiger partial charge on any atom is -0.508 e. The van der Waals surface area contributed by atoms with E-state index in [1.807, 2.05) is 36.4 Å². The summed E-state index contributed by atoms with van der Waals surface area (Å²) in [6, 6.07) is 14.8. The second kappa shape index (κ2) is 8.23. The van der Waals surface area contributed by atoms with Gasteiger partial charge in [0.15, 0.2) is 0 Å². The Bertz CT molecular complexity index is 1030. The molecule has 1 fully saturated rings. The first-order valence-electron chi connectivity index (χ1n) is 10.2. The molecule has 0 radical (unpaired) electrons. The van der Waals surface area contributed by atoms with Gasteiger partial charge in [0, 0.05) is 37.6 Å². The highest BCUT2D eigenvalue weighted by Gasteiger charge is 2.19. The number of phenols is 1. The number of aliphatic hydroxyl groups is 1. The third-order valence-electron chi connectivity index (χ3n) is 5.77. The first-order valence-corrected chi connectivity index (χ1v) is 10.2. The average molecular weight is 409 g/mol. The molecule has 8 heteroatoms. The average Bonchev–Trinajstić information content (AvgIpc) is 3.15. The predicted molar refractivity (Wildman–Crippen MR) is 117 cm³/mol. The van der Waals surface area contributed by atoms with E-state index >= 15 is 0 Å². The lowest BCUT2D eigenvalue weighted by atomic mass is 10.2. The molecule has 0 spiro atoms. The fraction of sp³-hybridized carbons (Fsp3) is 0.364. The third-order valence-corrected chi connectivity index (χ3v) is 5.77. The van der Waals surface area contributed by atoms with Crippen molar-refractivity contribution in [3.05, 3.63) is 65.3 Å². The number of anilines is 2. The molecule has 1 saturated heterocycles. The van der Waals surface area contributed by atoms with E-state index in [0.717, 1.165) is 43.2 Å². The molecule has 3 aromatic rings. The van der Waals surface area contributed by atoms with Crippen LogP contribution in [0, 0.1) is 0 Å². The molecule has 2 heterocycles. The van der Waals surface area contributed by atoms with Crippen molar-refractivity contribution in [1.82, 2.24) is 14.3 Å². The second-order valence-electron chi connectivity index (χ2n) is 7.72.